The van der Waals surface area contributed by atoms with Gasteiger partial charge >= 0.3 is 0 Å². The van der Waals surface area contributed by atoms with E-state index < -0.39 is 0 Å². The van der Waals surface area contributed by atoms with Gasteiger partial charge in [0.1, 0.15) is 11.6 Å². The molecule has 1 aromatic heterocycles. The van der Waals surface area contributed by atoms with Crippen LogP contribution < -0.4 is 5.73 Å². The minimum Gasteiger partial charge on any atom is -0.437 e. The molecule has 6 heteroatoms. The number of aromatic nitrogens is 1. The van der Waals surface area contributed by atoms with Crippen LogP contribution in [0.1, 0.15) is 44.6 Å². The number of rotatable bonds is 7. The summed E-state index contributed by atoms with van der Waals surface area (Å²) in [5.41, 5.74) is 6.35. The summed E-state index contributed by atoms with van der Waals surface area (Å²) in [6, 6.07) is 0. The van der Waals surface area contributed by atoms with Crippen molar-refractivity contribution in [2.24, 2.45) is 16.3 Å². The Balaban J connectivity index is 2.25. The fourth-order valence-electron chi connectivity index (χ4n) is 1.60. The molecule has 5 nitrogen and oxygen atoms in total. The molecule has 0 saturated carbocycles. The van der Waals surface area contributed by atoms with Crippen LogP contribution in [0.4, 0.5) is 0 Å². The molecule has 0 bridgehead atoms. The summed E-state index contributed by atoms with van der Waals surface area (Å²) in [7, 11) is 0. The Kier molecular flexibility index (Phi) is 5.72. The van der Waals surface area contributed by atoms with E-state index in [0.717, 1.165) is 41.7 Å². The van der Waals surface area contributed by atoms with Crippen LogP contribution in [0.2, 0.25) is 0 Å². The number of nitrogens with two attached hydrogens (primary N) is 1. The minimum absolute atomic E-state index is 0.254. The third-order valence-electron chi connectivity index (χ3n) is 3.23. The van der Waals surface area contributed by atoms with Crippen LogP contribution in [0.15, 0.2) is 14.8 Å². The van der Waals surface area contributed by atoms with E-state index in [2.05, 4.69) is 10.1 Å². The van der Waals surface area contributed by atoms with E-state index in [1.165, 1.54) is 0 Å². The van der Waals surface area contributed by atoms with Gasteiger partial charge in [-0.2, -0.15) is 0 Å². The van der Waals surface area contributed by atoms with Crippen LogP contribution in [0.25, 0.3) is 0 Å². The zero-order valence-corrected chi connectivity index (χ0v) is 12.9. The number of hydrogen-bond acceptors (Lipinski definition) is 5. The van der Waals surface area contributed by atoms with Crippen molar-refractivity contribution < 1.29 is 9.62 Å². The van der Waals surface area contributed by atoms with Crippen molar-refractivity contribution in [1.82, 2.24) is 4.98 Å². The fraction of sp³-hybridized carbons (Fsp3) is 0.692. The zero-order valence-electron chi connectivity index (χ0n) is 12.1. The monoisotopic (exact) mass is 285 g/mol. The first-order valence-electron chi connectivity index (χ1n) is 6.41. The summed E-state index contributed by atoms with van der Waals surface area (Å²) in [6.07, 6.45) is 2.97. The third-order valence-corrected chi connectivity index (χ3v) is 4.15. The lowest BCUT2D eigenvalue weighted by Crippen LogP contribution is -2.31. The molecule has 0 unspecified atom stereocenters. The molecule has 19 heavy (non-hydrogen) atoms. The van der Waals surface area contributed by atoms with Crippen LogP contribution in [-0.4, -0.2) is 21.8 Å². The molecule has 0 radical (unpaired) electrons. The average Bonchev–Trinajstić information content (AvgIpc) is 2.67. The molecule has 1 heterocycles. The van der Waals surface area contributed by atoms with E-state index in [0.29, 0.717) is 5.84 Å². The van der Waals surface area contributed by atoms with E-state index in [-0.39, 0.29) is 5.41 Å². The van der Waals surface area contributed by atoms with Gasteiger partial charge in [0.25, 0.3) is 5.22 Å². The van der Waals surface area contributed by atoms with Gasteiger partial charge in [-0.15, -0.1) is 0 Å². The Morgan fingerprint density at radius 1 is 1.42 bits per heavy atom. The number of nitrogens with zero attached hydrogens (tertiary/aromatic N) is 2. The van der Waals surface area contributed by atoms with Gasteiger partial charge in [0, 0.05) is 11.2 Å². The highest BCUT2D eigenvalue weighted by Crippen LogP contribution is 2.26. The second kappa shape index (κ2) is 6.84. The lowest BCUT2D eigenvalue weighted by molar-refractivity contribution is 0.304. The molecule has 0 amide bonds. The van der Waals surface area contributed by atoms with Crippen LogP contribution in [0, 0.1) is 19.3 Å². The van der Waals surface area contributed by atoms with Gasteiger partial charge in [-0.3, -0.25) is 0 Å². The molecule has 108 valence electrons. The summed E-state index contributed by atoms with van der Waals surface area (Å²) >= 11 is 1.63. The maximum atomic E-state index is 8.69. The number of aryl methyl sites for hydroxylation is 2. The number of oxazole rings is 1. The molecule has 0 fully saturated rings. The van der Waals surface area contributed by atoms with Gasteiger partial charge in [-0.05, 0) is 26.7 Å². The zero-order chi connectivity index (χ0) is 14.5. The van der Waals surface area contributed by atoms with Crippen molar-refractivity contribution in [3.05, 3.63) is 11.5 Å². The van der Waals surface area contributed by atoms with Gasteiger partial charge in [-0.1, -0.05) is 37.2 Å². The molecule has 1 rings (SSSR count). The topological polar surface area (TPSA) is 84.6 Å². The predicted octanol–water partition coefficient (Wildman–Crippen LogP) is 3.33. The summed E-state index contributed by atoms with van der Waals surface area (Å²) in [5, 5.41) is 12.5. The second-order valence-corrected chi connectivity index (χ2v) is 6.34. The van der Waals surface area contributed by atoms with Crippen molar-refractivity contribution in [1.29, 1.82) is 0 Å². The lowest BCUT2D eigenvalue weighted by Gasteiger charge is -2.22. The summed E-state index contributed by atoms with van der Waals surface area (Å²) in [6.45, 7) is 7.83. The number of unbranched alkanes of at least 4 members (excludes halogenated alkanes) is 1. The van der Waals surface area contributed by atoms with E-state index in [9.17, 15) is 0 Å². The van der Waals surface area contributed by atoms with Gasteiger partial charge in [0.2, 0.25) is 0 Å². The van der Waals surface area contributed by atoms with E-state index in [1.54, 1.807) is 11.8 Å². The first kappa shape index (κ1) is 15.9. The maximum absolute atomic E-state index is 8.69. The molecule has 0 aliphatic carbocycles. The highest BCUT2D eigenvalue weighted by Gasteiger charge is 2.22. The molecule has 0 aromatic carbocycles. The van der Waals surface area contributed by atoms with E-state index in [1.807, 2.05) is 27.7 Å². The van der Waals surface area contributed by atoms with Crippen molar-refractivity contribution in [3.63, 3.8) is 0 Å². The average molecular weight is 285 g/mol. The first-order chi connectivity index (χ1) is 8.86. The maximum Gasteiger partial charge on any atom is 0.256 e. The molecule has 1 aromatic rings. The number of amidine groups is 1. The van der Waals surface area contributed by atoms with Gasteiger partial charge < -0.3 is 15.4 Å². The van der Waals surface area contributed by atoms with Crippen LogP contribution in [0.3, 0.4) is 0 Å². The second-order valence-electron chi connectivity index (χ2n) is 5.30. The molecule has 0 aliphatic rings. The van der Waals surface area contributed by atoms with Crippen LogP contribution >= 0.6 is 11.8 Å². The van der Waals surface area contributed by atoms with Gasteiger partial charge in [0.15, 0.2) is 0 Å². The minimum atomic E-state index is -0.254. The number of oxime groups is 1. The number of hydrogen-bond donors (Lipinski definition) is 2. The standard InChI is InChI=1S/C13H23N3O2S/c1-9-10(2)18-12(15-9)19-8-6-5-7-13(3,4)11(14)16-17/h17H,5-8H2,1-4H3,(H2,14,16). The Labute approximate surface area is 118 Å². The van der Waals surface area contributed by atoms with Crippen LogP contribution in [0.5, 0.6) is 0 Å². The Bertz CT molecular complexity index is 422. The quantitative estimate of drug-likeness (QED) is 0.200. The van der Waals surface area contributed by atoms with E-state index >= 15 is 0 Å². The Morgan fingerprint density at radius 3 is 2.63 bits per heavy atom. The predicted molar refractivity (Wildman–Crippen MR) is 77.7 cm³/mol. The van der Waals surface area contributed by atoms with Gasteiger partial charge in [0.05, 0.1) is 5.69 Å². The van der Waals surface area contributed by atoms with Crippen molar-refractivity contribution in [3.8, 4) is 0 Å². The molecular formula is C13H23N3O2S. The smallest absolute Gasteiger partial charge is 0.256 e. The van der Waals surface area contributed by atoms with E-state index in [4.69, 9.17) is 15.4 Å². The SMILES string of the molecule is Cc1nc(SCCCCC(C)(C)C(N)=NO)oc1C. The molecule has 3 N–H and O–H groups in total. The summed E-state index contributed by atoms with van der Waals surface area (Å²) in [4.78, 5) is 4.32. The molecule has 0 spiro atoms. The van der Waals surface area contributed by atoms with Crippen molar-refractivity contribution in [2.75, 3.05) is 5.75 Å². The third kappa shape index (κ3) is 4.78. The van der Waals surface area contributed by atoms with Crippen LogP contribution in [-0.2, 0) is 0 Å². The van der Waals surface area contributed by atoms with Gasteiger partial charge in [-0.25, -0.2) is 4.98 Å². The fourth-order valence-corrected chi connectivity index (χ4v) is 2.51. The molecular weight excluding hydrogens is 262 g/mol. The normalized spacial score (nSPS) is 12.9. The van der Waals surface area contributed by atoms with Crippen molar-refractivity contribution >= 4 is 17.6 Å². The summed E-state index contributed by atoms with van der Waals surface area (Å²) < 4.78 is 5.50. The first-order valence-corrected chi connectivity index (χ1v) is 7.40. The Morgan fingerprint density at radius 2 is 2.11 bits per heavy atom. The largest absolute Gasteiger partial charge is 0.437 e. The Hall–Kier alpha value is -1.17. The lowest BCUT2D eigenvalue weighted by atomic mass is 9.86. The number of thioether (sulfide) groups is 1. The molecule has 0 saturated heterocycles. The summed E-state index contributed by atoms with van der Waals surface area (Å²) in [5.74, 6) is 2.14. The molecule has 0 aliphatic heterocycles. The highest BCUT2D eigenvalue weighted by atomic mass is 32.2. The highest BCUT2D eigenvalue weighted by molar-refractivity contribution is 7.99. The van der Waals surface area contributed by atoms with Crippen molar-refractivity contribution in [2.45, 2.75) is 52.2 Å². The molecule has 0 atom stereocenters.